The Morgan fingerprint density at radius 3 is 2.69 bits per heavy atom. The second-order valence-corrected chi connectivity index (χ2v) is 4.32. The second-order valence-electron chi connectivity index (χ2n) is 4.32. The van der Waals surface area contributed by atoms with Crippen LogP contribution in [0.2, 0.25) is 0 Å². The van der Waals surface area contributed by atoms with E-state index >= 15 is 0 Å². The molecule has 4 nitrogen and oxygen atoms in total. The summed E-state index contributed by atoms with van der Waals surface area (Å²) in [4.78, 5) is 4.07. The third-order valence-corrected chi connectivity index (χ3v) is 2.31. The molecule has 0 amide bonds. The first-order valence-electron chi connectivity index (χ1n) is 5.39. The van der Waals surface area contributed by atoms with Gasteiger partial charge in [-0.25, -0.2) is 4.98 Å². The molecule has 2 aromatic rings. The average Bonchev–Trinajstić information content (AvgIpc) is 2.66. The Kier molecular flexibility index (Phi) is 2.90. The Labute approximate surface area is 95.1 Å². The number of hydrogen-bond donors (Lipinski definition) is 1. The van der Waals surface area contributed by atoms with E-state index in [1.54, 1.807) is 12.3 Å². The van der Waals surface area contributed by atoms with Gasteiger partial charge in [-0.3, -0.25) is 4.68 Å². The van der Waals surface area contributed by atoms with Gasteiger partial charge in [-0.15, -0.1) is 0 Å². The fraction of sp³-hybridized carbons (Fsp3) is 0.333. The van der Waals surface area contributed by atoms with E-state index in [-0.39, 0.29) is 0 Å². The van der Waals surface area contributed by atoms with Crippen LogP contribution < -0.4 is 5.73 Å². The lowest BCUT2D eigenvalue weighted by Crippen LogP contribution is -2.03. The van der Waals surface area contributed by atoms with Gasteiger partial charge in [0.15, 0.2) is 0 Å². The minimum Gasteiger partial charge on any atom is -0.384 e. The van der Waals surface area contributed by atoms with Crippen LogP contribution in [0.4, 0.5) is 5.82 Å². The minimum absolute atomic E-state index is 0.540. The topological polar surface area (TPSA) is 56.7 Å². The van der Waals surface area contributed by atoms with Crippen LogP contribution in [0.15, 0.2) is 30.7 Å². The zero-order valence-electron chi connectivity index (χ0n) is 9.59. The first-order valence-corrected chi connectivity index (χ1v) is 5.39. The molecule has 4 heteroatoms. The van der Waals surface area contributed by atoms with Crippen molar-refractivity contribution in [1.29, 1.82) is 0 Å². The van der Waals surface area contributed by atoms with Crippen LogP contribution in [-0.2, 0) is 6.54 Å². The maximum Gasteiger partial charge on any atom is 0.123 e. The molecule has 0 aliphatic rings. The third-order valence-electron chi connectivity index (χ3n) is 2.31. The third kappa shape index (κ3) is 2.39. The average molecular weight is 216 g/mol. The molecule has 0 radical (unpaired) electrons. The van der Waals surface area contributed by atoms with Crippen molar-refractivity contribution in [2.24, 2.45) is 5.92 Å². The monoisotopic (exact) mass is 216 g/mol. The number of nitrogen functional groups attached to an aromatic ring is 1. The standard InChI is InChI=1S/C12H16N4/c1-9(2)7-16-8-11(6-15-16)10-3-4-12(13)14-5-10/h3-6,8-9H,7H2,1-2H3,(H2,13,14). The molecule has 0 bridgehead atoms. The molecule has 0 aliphatic heterocycles. The first-order chi connectivity index (χ1) is 7.65. The predicted molar refractivity (Wildman–Crippen MR) is 64.7 cm³/mol. The molecule has 84 valence electrons. The molecule has 0 atom stereocenters. The van der Waals surface area contributed by atoms with Crippen LogP contribution in [0, 0.1) is 5.92 Å². The molecule has 0 fully saturated rings. The van der Waals surface area contributed by atoms with Crippen molar-refractivity contribution in [3.63, 3.8) is 0 Å². The van der Waals surface area contributed by atoms with E-state index in [1.165, 1.54) is 0 Å². The molecule has 0 aliphatic carbocycles. The van der Waals surface area contributed by atoms with Gasteiger partial charge in [0.05, 0.1) is 6.20 Å². The van der Waals surface area contributed by atoms with Crippen LogP contribution in [0.3, 0.4) is 0 Å². The van der Waals surface area contributed by atoms with Crippen LogP contribution in [0.1, 0.15) is 13.8 Å². The Balaban J connectivity index is 2.21. The highest BCUT2D eigenvalue weighted by Crippen LogP contribution is 2.18. The van der Waals surface area contributed by atoms with E-state index in [9.17, 15) is 0 Å². The molecule has 2 rings (SSSR count). The van der Waals surface area contributed by atoms with E-state index in [1.807, 2.05) is 23.1 Å². The van der Waals surface area contributed by atoms with E-state index in [2.05, 4.69) is 23.9 Å². The molecule has 0 aromatic carbocycles. The lowest BCUT2D eigenvalue weighted by atomic mass is 10.2. The number of nitrogens with zero attached hydrogens (tertiary/aromatic N) is 3. The van der Waals surface area contributed by atoms with Crippen LogP contribution >= 0.6 is 0 Å². The molecule has 0 saturated carbocycles. The number of aromatic nitrogens is 3. The van der Waals surface area contributed by atoms with Crippen molar-refractivity contribution in [3.8, 4) is 11.1 Å². The van der Waals surface area contributed by atoms with Gasteiger partial charge in [0.25, 0.3) is 0 Å². The molecule has 16 heavy (non-hydrogen) atoms. The van der Waals surface area contributed by atoms with Crippen LogP contribution in [0.25, 0.3) is 11.1 Å². The summed E-state index contributed by atoms with van der Waals surface area (Å²) in [6.07, 6.45) is 5.66. The maximum atomic E-state index is 5.54. The lowest BCUT2D eigenvalue weighted by molar-refractivity contribution is 0.483. The highest BCUT2D eigenvalue weighted by Gasteiger charge is 2.03. The summed E-state index contributed by atoms with van der Waals surface area (Å²) in [5.74, 6) is 1.13. The Hall–Kier alpha value is -1.84. The summed E-state index contributed by atoms with van der Waals surface area (Å²) in [5.41, 5.74) is 7.67. The molecule has 2 heterocycles. The van der Waals surface area contributed by atoms with Crippen molar-refractivity contribution in [2.45, 2.75) is 20.4 Å². The molecule has 0 unspecified atom stereocenters. The fourth-order valence-corrected chi connectivity index (χ4v) is 1.56. The molecule has 2 N–H and O–H groups in total. The van der Waals surface area contributed by atoms with E-state index in [0.29, 0.717) is 11.7 Å². The zero-order chi connectivity index (χ0) is 11.5. The SMILES string of the molecule is CC(C)Cn1cc(-c2ccc(N)nc2)cn1. The van der Waals surface area contributed by atoms with Crippen LogP contribution in [0.5, 0.6) is 0 Å². The summed E-state index contributed by atoms with van der Waals surface area (Å²) < 4.78 is 1.95. The molecular weight excluding hydrogens is 200 g/mol. The van der Waals surface area contributed by atoms with Gasteiger partial charge in [0, 0.05) is 30.1 Å². The van der Waals surface area contributed by atoms with Crippen LogP contribution in [-0.4, -0.2) is 14.8 Å². The number of rotatable bonds is 3. The van der Waals surface area contributed by atoms with Crippen molar-refractivity contribution in [3.05, 3.63) is 30.7 Å². The van der Waals surface area contributed by atoms with E-state index in [0.717, 1.165) is 17.7 Å². The van der Waals surface area contributed by atoms with Crippen molar-refractivity contribution >= 4 is 5.82 Å². The number of anilines is 1. The smallest absolute Gasteiger partial charge is 0.123 e. The summed E-state index contributed by atoms with van der Waals surface area (Å²) in [6.45, 7) is 5.28. The Bertz CT molecular complexity index is 456. The molecular formula is C12H16N4. The summed E-state index contributed by atoms with van der Waals surface area (Å²) in [6, 6.07) is 3.76. The van der Waals surface area contributed by atoms with Gasteiger partial charge >= 0.3 is 0 Å². The number of hydrogen-bond acceptors (Lipinski definition) is 3. The zero-order valence-corrected chi connectivity index (χ0v) is 9.59. The minimum atomic E-state index is 0.540. The van der Waals surface area contributed by atoms with Crippen molar-refractivity contribution in [2.75, 3.05) is 5.73 Å². The highest BCUT2D eigenvalue weighted by atomic mass is 15.3. The highest BCUT2D eigenvalue weighted by molar-refractivity contribution is 5.61. The molecule has 0 spiro atoms. The largest absolute Gasteiger partial charge is 0.384 e. The van der Waals surface area contributed by atoms with Gasteiger partial charge in [-0.2, -0.15) is 5.10 Å². The van der Waals surface area contributed by atoms with Crippen molar-refractivity contribution in [1.82, 2.24) is 14.8 Å². The van der Waals surface area contributed by atoms with Gasteiger partial charge in [0.1, 0.15) is 5.82 Å². The van der Waals surface area contributed by atoms with Gasteiger partial charge < -0.3 is 5.73 Å². The molecule has 0 saturated heterocycles. The first kappa shape index (κ1) is 10.7. The van der Waals surface area contributed by atoms with Crippen molar-refractivity contribution < 1.29 is 0 Å². The number of nitrogens with two attached hydrogens (primary N) is 1. The normalized spacial score (nSPS) is 10.9. The van der Waals surface area contributed by atoms with E-state index in [4.69, 9.17) is 5.73 Å². The predicted octanol–water partition coefficient (Wildman–Crippen LogP) is 2.18. The van der Waals surface area contributed by atoms with Gasteiger partial charge in [0.2, 0.25) is 0 Å². The van der Waals surface area contributed by atoms with Gasteiger partial charge in [-0.1, -0.05) is 13.8 Å². The van der Waals surface area contributed by atoms with E-state index < -0.39 is 0 Å². The summed E-state index contributed by atoms with van der Waals surface area (Å²) >= 11 is 0. The maximum absolute atomic E-state index is 5.54. The fourth-order valence-electron chi connectivity index (χ4n) is 1.56. The quantitative estimate of drug-likeness (QED) is 0.855. The second kappa shape index (κ2) is 4.35. The summed E-state index contributed by atoms with van der Waals surface area (Å²) in [7, 11) is 0. The summed E-state index contributed by atoms with van der Waals surface area (Å²) in [5, 5.41) is 4.31. The number of pyridine rings is 1. The Morgan fingerprint density at radius 2 is 2.06 bits per heavy atom. The molecule has 2 aromatic heterocycles. The van der Waals surface area contributed by atoms with Gasteiger partial charge in [-0.05, 0) is 18.1 Å². The lowest BCUT2D eigenvalue weighted by Gasteiger charge is -2.03. The Morgan fingerprint density at radius 1 is 1.25 bits per heavy atom.